The Balaban J connectivity index is 1.91. The third-order valence-electron chi connectivity index (χ3n) is 6.86. The van der Waals surface area contributed by atoms with Gasteiger partial charge in [-0.25, -0.2) is 0 Å². The van der Waals surface area contributed by atoms with Gasteiger partial charge < -0.3 is 10.3 Å². The van der Waals surface area contributed by atoms with Crippen LogP contribution in [0.4, 0.5) is 0 Å². The van der Waals surface area contributed by atoms with E-state index in [1.807, 2.05) is 6.92 Å². The van der Waals surface area contributed by atoms with Gasteiger partial charge in [-0.05, 0) is 87.3 Å². The van der Waals surface area contributed by atoms with Crippen molar-refractivity contribution in [2.24, 2.45) is 34.2 Å². The van der Waals surface area contributed by atoms with Crippen LogP contribution in [0, 0.1) is 41.4 Å². The molecule has 3 nitrogen and oxygen atoms in total. The first-order valence-electron chi connectivity index (χ1n) is 12.7. The summed E-state index contributed by atoms with van der Waals surface area (Å²) in [5, 5.41) is 23.7. The third-order valence-corrected chi connectivity index (χ3v) is 6.86. The normalized spacial score (nSPS) is 63.5. The SMILES string of the molecule is [2H]C1=C2C([2H])([2H])C[C@H]3[C@@H]4CC([2H])([2H])[C@@](O)(C#C)[C@@]4(CC)CC[C@@H]3[C@@]2([2H])CC([2H])([2H])C1=NO. The first kappa shape index (κ1) is 9.43. The van der Waals surface area contributed by atoms with E-state index in [-0.39, 0.29) is 18.4 Å². The predicted octanol–water partition coefficient (Wildman–Crippen LogP) is 4.14. The van der Waals surface area contributed by atoms with Crippen LogP contribution in [0.25, 0.3) is 0 Å². The monoisotopic (exact) mass is 335 g/mol. The molecule has 6 atom stereocenters. The molecular weight excluding hydrogens is 298 g/mol. The lowest BCUT2D eigenvalue weighted by atomic mass is 9.49. The molecule has 0 saturated heterocycles. The minimum Gasteiger partial charge on any atom is -0.411 e. The number of allylic oxidation sites excluding steroid dienone is 2. The van der Waals surface area contributed by atoms with Crippen LogP contribution < -0.4 is 0 Å². The van der Waals surface area contributed by atoms with Crippen molar-refractivity contribution < 1.29 is 21.3 Å². The Morgan fingerprint density at radius 3 is 2.96 bits per heavy atom. The predicted molar refractivity (Wildman–Crippen MR) is 94.7 cm³/mol. The van der Waals surface area contributed by atoms with Gasteiger partial charge in [-0.15, -0.1) is 6.42 Å². The highest BCUT2D eigenvalue weighted by Crippen LogP contribution is 2.66. The summed E-state index contributed by atoms with van der Waals surface area (Å²) in [6.07, 6.45) is -0.326. The van der Waals surface area contributed by atoms with Gasteiger partial charge in [0.1, 0.15) is 5.60 Å². The van der Waals surface area contributed by atoms with Gasteiger partial charge in [-0.1, -0.05) is 23.6 Å². The van der Waals surface area contributed by atoms with Gasteiger partial charge in [-0.3, -0.25) is 0 Å². The molecule has 130 valence electrons. The van der Waals surface area contributed by atoms with Crippen molar-refractivity contribution in [1.82, 2.24) is 0 Å². The summed E-state index contributed by atoms with van der Waals surface area (Å²) in [6.45, 7) is 1.85. The van der Waals surface area contributed by atoms with Crippen molar-refractivity contribution >= 4 is 5.71 Å². The fraction of sp³-hybridized carbons (Fsp3) is 0.762. The summed E-state index contributed by atoms with van der Waals surface area (Å²) in [6, 6.07) is -0.559. The standard InChI is InChI=1S/C21H29NO2/c1-3-20-11-9-17-16-8-6-15(22-24)13-14(16)5-7-18(17)19(20)10-12-21(20,23)4-2/h2,13,16-19,23-24H,3,5-12H2,1H3/t16-,17+,18+,19-,20-,21-/m0/s1/i5D2,6D2,12D2,13D,16D. The zero-order chi connectivity index (χ0) is 24.1. The van der Waals surface area contributed by atoms with Gasteiger partial charge in [0.15, 0.2) is 0 Å². The maximum absolute atomic E-state index is 11.4. The highest BCUT2D eigenvalue weighted by atomic mass is 16.4. The maximum Gasteiger partial charge on any atom is 0.131 e. The van der Waals surface area contributed by atoms with Crippen molar-refractivity contribution in [1.29, 1.82) is 0 Å². The van der Waals surface area contributed by atoms with Crippen LogP contribution in [0.5, 0.6) is 0 Å². The first-order valence-corrected chi connectivity index (χ1v) is 8.73. The molecule has 2 N–H and O–H groups in total. The number of rotatable bonds is 1. The summed E-state index contributed by atoms with van der Waals surface area (Å²) < 4.78 is 69.0. The fourth-order valence-corrected chi connectivity index (χ4v) is 5.60. The maximum atomic E-state index is 11.4. The third kappa shape index (κ3) is 1.99. The molecule has 0 heterocycles. The Morgan fingerprint density at radius 1 is 1.42 bits per heavy atom. The van der Waals surface area contributed by atoms with Crippen LogP contribution >= 0.6 is 0 Å². The number of nitrogens with zero attached hydrogens (tertiary/aromatic N) is 1. The lowest BCUT2D eigenvalue weighted by molar-refractivity contribution is -0.0989. The fourth-order valence-electron chi connectivity index (χ4n) is 5.60. The average Bonchev–Trinajstić information content (AvgIpc) is 2.84. The summed E-state index contributed by atoms with van der Waals surface area (Å²) in [5.74, 6) is -0.925. The van der Waals surface area contributed by atoms with Crippen LogP contribution in [0.3, 0.4) is 0 Å². The molecular formula is C21H29NO2. The highest BCUT2D eigenvalue weighted by molar-refractivity contribution is 5.96. The largest absolute Gasteiger partial charge is 0.411 e. The zero-order valence-electron chi connectivity index (χ0n) is 21.9. The Kier molecular flexibility index (Phi) is 2.21. The second-order valence-corrected chi connectivity index (χ2v) is 7.37. The van der Waals surface area contributed by atoms with E-state index in [1.54, 1.807) is 0 Å². The van der Waals surface area contributed by atoms with Crippen LogP contribution in [-0.4, -0.2) is 21.6 Å². The first-order chi connectivity index (χ1) is 14.6. The highest BCUT2D eigenvalue weighted by Gasteiger charge is 2.63. The number of oxime groups is 1. The van der Waals surface area contributed by atoms with Gasteiger partial charge >= 0.3 is 0 Å². The van der Waals surface area contributed by atoms with E-state index in [0.29, 0.717) is 19.3 Å². The van der Waals surface area contributed by atoms with E-state index < -0.39 is 72.0 Å². The van der Waals surface area contributed by atoms with Crippen LogP contribution in [0.2, 0.25) is 0 Å². The molecule has 3 fully saturated rings. The smallest absolute Gasteiger partial charge is 0.131 e. The lowest BCUT2D eigenvalue weighted by Crippen LogP contribution is -2.53. The van der Waals surface area contributed by atoms with Crippen molar-refractivity contribution in [3.8, 4) is 12.3 Å². The van der Waals surface area contributed by atoms with E-state index in [4.69, 9.17) is 16.0 Å². The van der Waals surface area contributed by atoms with Crippen LogP contribution in [-0.2, 0) is 0 Å². The molecule has 3 saturated carbocycles. The average molecular weight is 336 g/mol. The lowest BCUT2D eigenvalue weighted by Gasteiger charge is -2.56. The van der Waals surface area contributed by atoms with E-state index >= 15 is 0 Å². The number of hydrogen-bond donors (Lipinski definition) is 2. The second-order valence-electron chi connectivity index (χ2n) is 7.37. The van der Waals surface area contributed by atoms with Crippen LogP contribution in [0.1, 0.15) is 75.5 Å². The Labute approximate surface area is 156 Å². The van der Waals surface area contributed by atoms with E-state index in [9.17, 15) is 11.7 Å². The molecule has 4 rings (SSSR count). The van der Waals surface area contributed by atoms with E-state index in [2.05, 4.69) is 11.1 Å². The Morgan fingerprint density at radius 2 is 2.25 bits per heavy atom. The van der Waals surface area contributed by atoms with Gasteiger partial charge in [-0.2, -0.15) is 0 Å². The molecule has 0 unspecified atom stereocenters. The molecule has 4 aliphatic carbocycles. The molecule has 0 amide bonds. The van der Waals surface area contributed by atoms with Gasteiger partial charge in [0.05, 0.1) is 7.08 Å². The second kappa shape index (κ2) is 5.63. The number of terminal acetylenes is 1. The quantitative estimate of drug-likeness (QED) is 0.430. The van der Waals surface area contributed by atoms with Gasteiger partial charge in [0.2, 0.25) is 0 Å². The van der Waals surface area contributed by atoms with Crippen molar-refractivity contribution in [2.75, 3.05) is 0 Å². The minimum absolute atomic E-state index is 0.0577. The van der Waals surface area contributed by atoms with E-state index in [0.717, 1.165) is 0 Å². The number of hydrogen-bond acceptors (Lipinski definition) is 3. The number of aliphatic hydroxyl groups is 1. The Bertz CT molecular complexity index is 956. The topological polar surface area (TPSA) is 52.8 Å². The molecule has 0 aromatic heterocycles. The molecule has 3 heteroatoms. The minimum atomic E-state index is -2.28. The Hall–Kier alpha value is -1.27. The summed E-state index contributed by atoms with van der Waals surface area (Å²) >= 11 is 0. The van der Waals surface area contributed by atoms with Crippen molar-refractivity contribution in [3.63, 3.8) is 0 Å². The van der Waals surface area contributed by atoms with Crippen molar-refractivity contribution in [3.05, 3.63) is 11.6 Å². The molecule has 0 aromatic carbocycles. The molecule has 4 aliphatic rings. The summed E-state index contributed by atoms with van der Waals surface area (Å²) in [4.78, 5) is 0. The summed E-state index contributed by atoms with van der Waals surface area (Å²) in [7, 11) is 0. The number of fused-ring (bicyclic) bond motifs is 5. The van der Waals surface area contributed by atoms with Crippen LogP contribution in [0.15, 0.2) is 16.8 Å². The molecule has 0 bridgehead atoms. The van der Waals surface area contributed by atoms with Crippen molar-refractivity contribution in [2.45, 2.75) is 70.2 Å². The molecule has 0 aliphatic heterocycles. The molecule has 0 spiro atoms. The molecule has 24 heavy (non-hydrogen) atoms. The van der Waals surface area contributed by atoms with Gasteiger partial charge in [0, 0.05) is 15.0 Å². The molecule has 0 radical (unpaired) electrons. The summed E-state index contributed by atoms with van der Waals surface area (Å²) in [5.41, 5.74) is -3.70. The molecule has 0 aromatic rings. The van der Waals surface area contributed by atoms with E-state index in [1.165, 1.54) is 0 Å². The van der Waals surface area contributed by atoms with Gasteiger partial charge in [0.25, 0.3) is 0 Å². The zero-order valence-corrected chi connectivity index (χ0v) is 13.9.